The number of carbonyl (C=O) groups excluding carboxylic acids is 5. The summed E-state index contributed by atoms with van der Waals surface area (Å²) in [5.41, 5.74) is -7.23. The highest BCUT2D eigenvalue weighted by Gasteiger charge is 2.93. The van der Waals surface area contributed by atoms with Gasteiger partial charge in [0.1, 0.15) is 12.2 Å². The third-order valence-corrected chi connectivity index (χ3v) is 12.8. The van der Waals surface area contributed by atoms with Crippen molar-refractivity contribution in [3.63, 3.8) is 0 Å². The van der Waals surface area contributed by atoms with Crippen molar-refractivity contribution < 1.29 is 57.6 Å². The second-order valence-electron chi connectivity index (χ2n) is 15.5. The summed E-state index contributed by atoms with van der Waals surface area (Å²) >= 11 is 0. The molecular weight excluding hydrogens is 624 g/mol. The molecule has 1 aromatic heterocycles. The Bertz CT molecular complexity index is 1590. The predicted octanol–water partition coefficient (Wildman–Crippen LogP) is 3.77. The fourth-order valence-corrected chi connectivity index (χ4v) is 10.4. The van der Waals surface area contributed by atoms with E-state index in [1.54, 1.807) is 47.6 Å². The first-order valence-electron chi connectivity index (χ1n) is 16.8. The van der Waals surface area contributed by atoms with Crippen LogP contribution in [0.5, 0.6) is 0 Å². The van der Waals surface area contributed by atoms with E-state index in [1.807, 2.05) is 6.92 Å². The smallest absolute Gasteiger partial charge is 0.335 e. The number of methoxy groups -OCH3 is 1. The molecule has 0 spiro atoms. The number of cyclic esters (lactones) is 1. The van der Waals surface area contributed by atoms with Gasteiger partial charge in [-0.1, -0.05) is 48.5 Å². The molecule has 2 bridgehead atoms. The lowest BCUT2D eigenvalue weighted by Gasteiger charge is -2.66. The molecule has 0 radical (unpaired) electrons. The Morgan fingerprint density at radius 1 is 1.08 bits per heavy atom. The topological polar surface area (TPSA) is 176 Å². The number of hydrogen-bond donors (Lipinski definition) is 2. The van der Waals surface area contributed by atoms with Crippen molar-refractivity contribution in [1.29, 1.82) is 0 Å². The first-order chi connectivity index (χ1) is 22.4. The van der Waals surface area contributed by atoms with Crippen molar-refractivity contribution in [1.82, 2.24) is 0 Å². The van der Waals surface area contributed by atoms with E-state index in [2.05, 4.69) is 0 Å². The molecule has 1 saturated heterocycles. The number of ketones is 1. The van der Waals surface area contributed by atoms with Crippen LogP contribution in [0.1, 0.15) is 92.2 Å². The molecule has 3 saturated carbocycles. The van der Waals surface area contributed by atoms with Crippen LogP contribution >= 0.6 is 0 Å². The molecule has 262 valence electrons. The highest BCUT2D eigenvalue weighted by Crippen LogP contribution is 2.81. The number of aliphatic hydroxyl groups is 2. The maximum atomic E-state index is 15.3. The van der Waals surface area contributed by atoms with Crippen LogP contribution in [0.2, 0.25) is 0 Å². The quantitative estimate of drug-likeness (QED) is 0.303. The van der Waals surface area contributed by atoms with Gasteiger partial charge < -0.3 is 33.6 Å². The van der Waals surface area contributed by atoms with Gasteiger partial charge in [-0.25, -0.2) is 4.79 Å². The number of Topliss-reactive ketones (excluding diaryl/α,β-unsaturated/α-hetero) is 1. The maximum Gasteiger partial charge on any atom is 0.335 e. The van der Waals surface area contributed by atoms with Gasteiger partial charge in [-0.3, -0.25) is 19.2 Å². The monoisotopic (exact) mass is 670 g/mol. The Kier molecular flexibility index (Phi) is 7.87. The minimum atomic E-state index is -2.62. The van der Waals surface area contributed by atoms with Crippen molar-refractivity contribution in [2.45, 2.75) is 110 Å². The van der Waals surface area contributed by atoms with Crippen molar-refractivity contribution in [3.05, 3.63) is 35.3 Å². The van der Waals surface area contributed by atoms with Crippen LogP contribution in [0.4, 0.5) is 0 Å². The summed E-state index contributed by atoms with van der Waals surface area (Å²) in [7, 11) is 1.14. The molecule has 12 heteroatoms. The number of fused-ring (bicyclic) bond motifs is 4. The van der Waals surface area contributed by atoms with Gasteiger partial charge in [0.05, 0.1) is 37.9 Å². The highest BCUT2D eigenvalue weighted by atomic mass is 16.6. The zero-order chi connectivity index (χ0) is 35.4. The summed E-state index contributed by atoms with van der Waals surface area (Å²) in [5, 5.41) is 25.1. The summed E-state index contributed by atoms with van der Waals surface area (Å²) in [4.78, 5) is 69.0. The van der Waals surface area contributed by atoms with Gasteiger partial charge >= 0.3 is 23.9 Å². The summed E-state index contributed by atoms with van der Waals surface area (Å²) in [6, 6.07) is 1.69. The Hall–Kier alpha value is -3.51. The van der Waals surface area contributed by atoms with Crippen LogP contribution < -0.4 is 0 Å². The van der Waals surface area contributed by atoms with Crippen LogP contribution in [-0.2, 0) is 42.9 Å². The minimum Gasteiger partial charge on any atom is -0.472 e. The van der Waals surface area contributed by atoms with Crippen molar-refractivity contribution in [2.75, 3.05) is 7.11 Å². The van der Waals surface area contributed by atoms with E-state index in [9.17, 15) is 29.4 Å². The average Bonchev–Trinajstić information content (AvgIpc) is 3.69. The zero-order valence-corrected chi connectivity index (χ0v) is 28.8. The maximum absolute atomic E-state index is 15.3. The van der Waals surface area contributed by atoms with Crippen LogP contribution in [0, 0.1) is 39.9 Å². The number of aliphatic hydroxyl groups excluding tert-OH is 1. The van der Waals surface area contributed by atoms with Crippen molar-refractivity contribution >= 4 is 29.7 Å². The van der Waals surface area contributed by atoms with E-state index in [0.717, 1.165) is 7.11 Å². The van der Waals surface area contributed by atoms with Gasteiger partial charge in [0.25, 0.3) is 0 Å². The molecule has 12 nitrogen and oxygen atoms in total. The second kappa shape index (κ2) is 11.0. The summed E-state index contributed by atoms with van der Waals surface area (Å²) < 4.78 is 28.7. The Morgan fingerprint density at radius 3 is 2.35 bits per heavy atom. The molecule has 11 atom stereocenters. The van der Waals surface area contributed by atoms with E-state index in [0.29, 0.717) is 30.4 Å². The van der Waals surface area contributed by atoms with E-state index < -0.39 is 99.1 Å². The van der Waals surface area contributed by atoms with Crippen LogP contribution in [0.15, 0.2) is 34.2 Å². The molecule has 5 aliphatic rings. The molecule has 1 aromatic rings. The number of carbonyl (C=O) groups is 5. The van der Waals surface area contributed by atoms with E-state index in [-0.39, 0.29) is 18.4 Å². The Balaban J connectivity index is 1.67. The molecule has 0 amide bonds. The van der Waals surface area contributed by atoms with Crippen LogP contribution in [0.25, 0.3) is 0 Å². The van der Waals surface area contributed by atoms with E-state index in [4.69, 9.17) is 23.4 Å². The van der Waals surface area contributed by atoms with Crippen LogP contribution in [-0.4, -0.2) is 70.4 Å². The van der Waals surface area contributed by atoms with Gasteiger partial charge in [0.2, 0.25) is 5.60 Å². The van der Waals surface area contributed by atoms with Gasteiger partial charge in [-0.2, -0.15) is 0 Å². The van der Waals surface area contributed by atoms with Crippen LogP contribution in [0.3, 0.4) is 0 Å². The normalized spacial score (nSPS) is 40.9. The van der Waals surface area contributed by atoms with Gasteiger partial charge in [-0.15, -0.1) is 0 Å². The Labute approximate surface area is 279 Å². The molecule has 2 N–H and O–H groups in total. The average molecular weight is 671 g/mol. The number of hydrogen-bond acceptors (Lipinski definition) is 12. The first-order valence-corrected chi connectivity index (χ1v) is 16.8. The SMILES string of the molecule is CC[C@H](C)C(=O)O[C@@]12C[C@@]3(C)[C@H]([C@@H](O)C(=O)OC)[C@]1(C)[C@@H]1CC[C@]4(C)C(=C1C(=O)[C@@]2(O)[C@H]3OC(=O)C(C)C)CC(=O)O[C@@H]4c1ccoc1. The number of furan rings is 1. The fraction of sp³-hybridized carbons (Fsp3) is 0.694. The predicted molar refractivity (Wildman–Crippen MR) is 165 cm³/mol. The lowest BCUT2D eigenvalue weighted by atomic mass is 9.40. The van der Waals surface area contributed by atoms with Crippen molar-refractivity contribution in [3.8, 4) is 0 Å². The number of esters is 4. The largest absolute Gasteiger partial charge is 0.472 e. The molecule has 0 aromatic carbocycles. The van der Waals surface area contributed by atoms with Gasteiger partial charge in [0.15, 0.2) is 17.5 Å². The fourth-order valence-electron chi connectivity index (χ4n) is 10.4. The molecule has 0 unspecified atom stereocenters. The molecular formula is C36H46O12. The standard InChI is InChI=1S/C36H46O12/c1-9-18(4)29(41)48-35-16-33(6)25(24(38)30(42)44-8)34(35,7)20-10-12-32(5)21(14-22(37)46-27(32)19-11-13-45-15-19)23(20)26(39)36(35,43)31(33)47-28(40)17(2)3/h11,13,15,17-18,20,24-25,27,31,38,43H,9-10,12,14,16H2,1-8H3/t18-,20+,24+,25-,27+,31-,32+,33-,34-,35-,36+/m0/s1. The number of rotatable bonds is 8. The minimum absolute atomic E-state index is 0.158. The summed E-state index contributed by atoms with van der Waals surface area (Å²) in [6.07, 6.45) is -0.569. The summed E-state index contributed by atoms with van der Waals surface area (Å²) in [6.45, 7) is 12.0. The van der Waals surface area contributed by atoms with Gasteiger partial charge in [-0.05, 0) is 36.8 Å². The summed E-state index contributed by atoms with van der Waals surface area (Å²) in [5.74, 6) is -6.89. The molecule has 4 aliphatic carbocycles. The zero-order valence-electron chi connectivity index (χ0n) is 28.8. The third-order valence-electron chi connectivity index (χ3n) is 12.8. The first kappa shape index (κ1) is 34.4. The lowest BCUT2D eigenvalue weighted by Crippen LogP contribution is -2.80. The second-order valence-corrected chi connectivity index (χ2v) is 15.5. The Morgan fingerprint density at radius 2 is 1.77 bits per heavy atom. The third kappa shape index (κ3) is 4.04. The lowest BCUT2D eigenvalue weighted by molar-refractivity contribution is -0.288. The molecule has 4 fully saturated rings. The van der Waals surface area contributed by atoms with E-state index >= 15 is 4.79 Å². The number of ether oxygens (including phenoxy) is 4. The van der Waals surface area contributed by atoms with E-state index in [1.165, 1.54) is 12.5 Å². The molecule has 6 rings (SSSR count). The molecule has 2 heterocycles. The highest BCUT2D eigenvalue weighted by molar-refractivity contribution is 6.08. The molecule has 48 heavy (non-hydrogen) atoms. The van der Waals surface area contributed by atoms with Crippen molar-refractivity contribution in [2.24, 2.45) is 39.9 Å². The molecule has 1 aliphatic heterocycles. The van der Waals surface area contributed by atoms with Gasteiger partial charge in [0, 0.05) is 39.7 Å².